The lowest BCUT2D eigenvalue weighted by atomic mass is 10.5. The molecule has 0 bridgehead atoms. The van der Waals surface area contributed by atoms with Crippen molar-refractivity contribution in [3.63, 3.8) is 0 Å². The zero-order valence-electron chi connectivity index (χ0n) is 9.03. The zero-order valence-corrected chi connectivity index (χ0v) is 9.85. The molecule has 5 nitrogen and oxygen atoms in total. The van der Waals surface area contributed by atoms with E-state index in [1.165, 1.54) is 6.20 Å². The highest BCUT2D eigenvalue weighted by Crippen LogP contribution is 2.21. The molecule has 98 valence electrons. The normalized spacial score (nSPS) is 13.2. The molecule has 0 spiro atoms. The Labute approximate surface area is 96.7 Å². The first-order valence-corrected chi connectivity index (χ1v) is 6.27. The van der Waals surface area contributed by atoms with Gasteiger partial charge in [-0.1, -0.05) is 6.92 Å². The van der Waals surface area contributed by atoms with E-state index >= 15 is 0 Å². The maximum atomic E-state index is 12.3. The molecule has 1 aromatic rings. The van der Waals surface area contributed by atoms with Crippen LogP contribution in [-0.2, 0) is 10.0 Å². The predicted octanol–water partition coefficient (Wildman–Crippen LogP) is 1.37. The largest absolute Gasteiger partial charge is 0.402 e. The van der Waals surface area contributed by atoms with Gasteiger partial charge in [-0.05, 0) is 12.5 Å². The van der Waals surface area contributed by atoms with Gasteiger partial charge in [-0.15, -0.1) is 0 Å². The van der Waals surface area contributed by atoms with Crippen LogP contribution >= 0.6 is 0 Å². The molecule has 0 fully saturated rings. The summed E-state index contributed by atoms with van der Waals surface area (Å²) >= 11 is 0. The molecule has 0 aliphatic carbocycles. The summed E-state index contributed by atoms with van der Waals surface area (Å²) < 4.78 is 60.8. The molecular weight excluding hydrogens is 259 g/mol. The fourth-order valence-electron chi connectivity index (χ4n) is 1.26. The first-order chi connectivity index (χ1) is 7.77. The van der Waals surface area contributed by atoms with Crippen molar-refractivity contribution in [3.05, 3.63) is 12.3 Å². The van der Waals surface area contributed by atoms with Crippen LogP contribution in [0.25, 0.3) is 0 Å². The molecule has 0 unspecified atom stereocenters. The van der Waals surface area contributed by atoms with Crippen LogP contribution in [0.5, 0.6) is 0 Å². The second kappa shape index (κ2) is 5.05. The molecular formula is C8H12F3N3O2S. The second-order valence-corrected chi connectivity index (χ2v) is 5.28. The van der Waals surface area contributed by atoms with Gasteiger partial charge in [-0.3, -0.25) is 5.10 Å². The van der Waals surface area contributed by atoms with Crippen LogP contribution in [0.15, 0.2) is 17.3 Å². The monoisotopic (exact) mass is 271 g/mol. The molecule has 0 aromatic carbocycles. The second-order valence-electron chi connectivity index (χ2n) is 3.37. The van der Waals surface area contributed by atoms with Gasteiger partial charge in [0.1, 0.15) is 6.54 Å². The smallest absolute Gasteiger partial charge is 0.266 e. The van der Waals surface area contributed by atoms with Gasteiger partial charge in [0.25, 0.3) is 10.0 Å². The van der Waals surface area contributed by atoms with Gasteiger partial charge >= 0.3 is 6.18 Å². The zero-order chi connectivity index (χ0) is 13.1. The Morgan fingerprint density at radius 3 is 2.53 bits per heavy atom. The van der Waals surface area contributed by atoms with Crippen molar-refractivity contribution in [1.82, 2.24) is 14.5 Å². The van der Waals surface area contributed by atoms with E-state index in [1.54, 1.807) is 6.92 Å². The molecule has 0 aliphatic heterocycles. The lowest BCUT2D eigenvalue weighted by molar-refractivity contribution is -0.136. The summed E-state index contributed by atoms with van der Waals surface area (Å²) in [6.45, 7) is -0.0884. The minimum absolute atomic E-state index is 0.194. The van der Waals surface area contributed by atoms with Gasteiger partial charge in [-0.2, -0.15) is 22.6 Å². The highest BCUT2D eigenvalue weighted by molar-refractivity contribution is 7.89. The average Bonchev–Trinajstić information content (AvgIpc) is 2.68. The first-order valence-electron chi connectivity index (χ1n) is 4.83. The Balaban J connectivity index is 2.99. The van der Waals surface area contributed by atoms with Crippen LogP contribution in [0, 0.1) is 0 Å². The van der Waals surface area contributed by atoms with Crippen molar-refractivity contribution in [2.75, 3.05) is 13.1 Å². The number of alkyl halides is 3. The predicted molar refractivity (Wildman–Crippen MR) is 53.7 cm³/mol. The summed E-state index contributed by atoms with van der Waals surface area (Å²) in [7, 11) is -4.16. The summed E-state index contributed by atoms with van der Waals surface area (Å²) in [5.74, 6) is 0. The van der Waals surface area contributed by atoms with Gasteiger partial charge in [0.05, 0.1) is 6.20 Å². The molecule has 1 heterocycles. The highest BCUT2D eigenvalue weighted by atomic mass is 32.2. The molecule has 0 saturated heterocycles. The van der Waals surface area contributed by atoms with Gasteiger partial charge in [0, 0.05) is 6.54 Å². The van der Waals surface area contributed by atoms with Crippen LogP contribution in [0.3, 0.4) is 0 Å². The Hall–Kier alpha value is -1.09. The van der Waals surface area contributed by atoms with Gasteiger partial charge in [-0.25, -0.2) is 8.42 Å². The van der Waals surface area contributed by atoms with Crippen molar-refractivity contribution in [1.29, 1.82) is 0 Å². The molecule has 0 aliphatic rings. The number of halogens is 3. The quantitative estimate of drug-likeness (QED) is 0.879. The lowest BCUT2D eigenvalue weighted by Gasteiger charge is -2.21. The molecule has 17 heavy (non-hydrogen) atoms. The third-order valence-electron chi connectivity index (χ3n) is 1.92. The van der Waals surface area contributed by atoms with Gasteiger partial charge in [0.2, 0.25) is 0 Å². The molecule has 9 heteroatoms. The highest BCUT2D eigenvalue weighted by Gasteiger charge is 2.37. The lowest BCUT2D eigenvalue weighted by Crippen LogP contribution is -2.39. The van der Waals surface area contributed by atoms with E-state index < -0.39 is 22.7 Å². The van der Waals surface area contributed by atoms with Gasteiger partial charge < -0.3 is 0 Å². The number of nitrogens with zero attached hydrogens (tertiary/aromatic N) is 2. The van der Waals surface area contributed by atoms with E-state index in [-0.39, 0.29) is 11.6 Å². The minimum Gasteiger partial charge on any atom is -0.266 e. The first kappa shape index (κ1) is 14.0. The molecule has 0 amide bonds. The van der Waals surface area contributed by atoms with Gasteiger partial charge in [0.15, 0.2) is 5.03 Å². The van der Waals surface area contributed by atoms with Crippen molar-refractivity contribution in [2.45, 2.75) is 24.5 Å². The molecule has 1 aromatic heterocycles. The number of H-pyrrole nitrogens is 1. The number of aromatic nitrogens is 2. The standard InChI is InChI=1S/C8H12F3N3O2S/c1-2-5-14(6-8(9,10)11)17(15,16)7-3-4-12-13-7/h3-4H,2,5-6H2,1H3,(H,12,13). The van der Waals surface area contributed by atoms with Crippen LogP contribution < -0.4 is 0 Å². The van der Waals surface area contributed by atoms with Crippen molar-refractivity contribution in [2.24, 2.45) is 0 Å². The molecule has 1 rings (SSSR count). The Kier molecular flexibility index (Phi) is 4.15. The number of hydrogen-bond donors (Lipinski definition) is 1. The molecule has 0 radical (unpaired) electrons. The number of sulfonamides is 1. The number of hydrogen-bond acceptors (Lipinski definition) is 3. The van der Waals surface area contributed by atoms with Crippen molar-refractivity contribution in [3.8, 4) is 0 Å². The van der Waals surface area contributed by atoms with Crippen LogP contribution in [-0.4, -0.2) is 42.2 Å². The molecule has 1 N–H and O–H groups in total. The SMILES string of the molecule is CCCN(CC(F)(F)F)S(=O)(=O)c1ccn[nH]1. The Bertz CT molecular complexity index is 441. The van der Waals surface area contributed by atoms with E-state index in [4.69, 9.17) is 0 Å². The number of rotatable bonds is 5. The fourth-order valence-corrected chi connectivity index (χ4v) is 2.68. The van der Waals surface area contributed by atoms with Crippen LogP contribution in [0.4, 0.5) is 13.2 Å². The summed E-state index contributed by atoms with van der Waals surface area (Å²) in [6.07, 6.45) is -3.10. The summed E-state index contributed by atoms with van der Waals surface area (Å²) in [6, 6.07) is 1.12. The topological polar surface area (TPSA) is 66.1 Å². The summed E-state index contributed by atoms with van der Waals surface area (Å²) in [5.41, 5.74) is 0. The van der Waals surface area contributed by atoms with E-state index in [2.05, 4.69) is 10.2 Å². The van der Waals surface area contributed by atoms with Crippen molar-refractivity contribution < 1.29 is 21.6 Å². The molecule has 0 atom stereocenters. The number of aromatic amines is 1. The van der Waals surface area contributed by atoms with Crippen molar-refractivity contribution >= 4 is 10.0 Å². The third-order valence-corrected chi connectivity index (χ3v) is 3.70. The third kappa shape index (κ3) is 3.70. The number of nitrogens with one attached hydrogen (secondary N) is 1. The fraction of sp³-hybridized carbons (Fsp3) is 0.625. The summed E-state index contributed by atoms with van der Waals surface area (Å²) in [5, 5.41) is 5.23. The van der Waals surface area contributed by atoms with E-state index in [0.717, 1.165) is 6.07 Å². The van der Waals surface area contributed by atoms with E-state index in [0.29, 0.717) is 10.7 Å². The maximum Gasteiger partial charge on any atom is 0.402 e. The average molecular weight is 271 g/mol. The van der Waals surface area contributed by atoms with Crippen LogP contribution in [0.1, 0.15) is 13.3 Å². The molecule has 0 saturated carbocycles. The Morgan fingerprint density at radius 1 is 1.47 bits per heavy atom. The van der Waals surface area contributed by atoms with E-state index in [9.17, 15) is 21.6 Å². The van der Waals surface area contributed by atoms with Crippen LogP contribution in [0.2, 0.25) is 0 Å². The Morgan fingerprint density at radius 2 is 2.12 bits per heavy atom. The maximum absolute atomic E-state index is 12.3. The minimum atomic E-state index is -4.57. The summed E-state index contributed by atoms with van der Waals surface area (Å²) in [4.78, 5) is 0. The van der Waals surface area contributed by atoms with E-state index in [1.807, 2.05) is 0 Å².